The van der Waals surface area contributed by atoms with E-state index in [-0.39, 0.29) is 11.4 Å². The minimum Gasteiger partial charge on any atom is -0.478 e. The van der Waals surface area contributed by atoms with Crippen LogP contribution in [0.2, 0.25) is 0 Å². The first-order valence-electron chi connectivity index (χ1n) is 6.87. The molecule has 3 aromatic rings. The van der Waals surface area contributed by atoms with Gasteiger partial charge in [-0.25, -0.2) is 14.2 Å². The summed E-state index contributed by atoms with van der Waals surface area (Å²) >= 11 is 0. The minimum absolute atomic E-state index is 0.201. The molecule has 1 heterocycles. The summed E-state index contributed by atoms with van der Waals surface area (Å²) < 4.78 is 13.0. The highest BCUT2D eigenvalue weighted by molar-refractivity contribution is 6.04. The highest BCUT2D eigenvalue weighted by Gasteiger charge is 2.14. The third-order valence-electron chi connectivity index (χ3n) is 3.79. The minimum atomic E-state index is -1.00. The molecule has 2 aromatic carbocycles. The molecule has 0 bridgehead atoms. The monoisotopic (exact) mass is 295 g/mol. The average molecular weight is 295 g/mol. The molecule has 0 amide bonds. The summed E-state index contributed by atoms with van der Waals surface area (Å²) in [6.45, 7) is 3.90. The Labute approximate surface area is 127 Å². The number of fused-ring (bicyclic) bond motifs is 1. The van der Waals surface area contributed by atoms with E-state index in [1.54, 1.807) is 12.1 Å². The van der Waals surface area contributed by atoms with Gasteiger partial charge in [0.25, 0.3) is 0 Å². The summed E-state index contributed by atoms with van der Waals surface area (Å²) in [5.74, 6) is -1.34. The fraction of sp³-hybridized carbons (Fsp3) is 0.111. The van der Waals surface area contributed by atoms with Crippen LogP contribution >= 0.6 is 0 Å². The van der Waals surface area contributed by atoms with Gasteiger partial charge in [-0.3, -0.25) is 0 Å². The molecule has 0 atom stereocenters. The summed E-state index contributed by atoms with van der Waals surface area (Å²) in [5.41, 5.74) is 4.10. The lowest BCUT2D eigenvalue weighted by molar-refractivity contribution is 0.0699. The van der Waals surface area contributed by atoms with E-state index < -0.39 is 5.97 Å². The number of hydrogen-bond donors (Lipinski definition) is 1. The first-order valence-corrected chi connectivity index (χ1v) is 6.87. The van der Waals surface area contributed by atoms with Gasteiger partial charge in [-0.15, -0.1) is 0 Å². The SMILES string of the molecule is Cc1cc2nc(-c3ccc(F)cc3)cc(C(=O)O)c2cc1C. The number of pyridine rings is 1. The highest BCUT2D eigenvalue weighted by Crippen LogP contribution is 2.27. The number of rotatable bonds is 2. The standard InChI is InChI=1S/C18H14FNO2/c1-10-7-14-15(18(21)22)9-16(20-17(14)8-11(10)2)12-3-5-13(19)6-4-12/h3-9H,1-2H3,(H,21,22). The van der Waals surface area contributed by atoms with Crippen LogP contribution in [-0.4, -0.2) is 16.1 Å². The van der Waals surface area contributed by atoms with Crippen LogP contribution in [-0.2, 0) is 0 Å². The molecule has 0 radical (unpaired) electrons. The van der Waals surface area contributed by atoms with E-state index in [9.17, 15) is 14.3 Å². The van der Waals surface area contributed by atoms with Gasteiger partial charge in [0, 0.05) is 10.9 Å². The predicted molar refractivity (Wildman–Crippen MR) is 83.6 cm³/mol. The van der Waals surface area contributed by atoms with Crippen molar-refractivity contribution in [3.05, 3.63) is 65.0 Å². The fourth-order valence-electron chi connectivity index (χ4n) is 2.43. The lowest BCUT2D eigenvalue weighted by Crippen LogP contribution is -2.01. The number of carbonyl (C=O) groups is 1. The van der Waals surface area contributed by atoms with Gasteiger partial charge in [-0.2, -0.15) is 0 Å². The molecule has 0 saturated carbocycles. The number of carboxylic acid groups (broad SMARTS) is 1. The van der Waals surface area contributed by atoms with Crippen molar-refractivity contribution in [1.29, 1.82) is 0 Å². The topological polar surface area (TPSA) is 50.2 Å². The molecule has 4 heteroatoms. The van der Waals surface area contributed by atoms with Crippen LogP contribution in [0.4, 0.5) is 4.39 Å². The molecule has 0 spiro atoms. The Bertz CT molecular complexity index is 886. The van der Waals surface area contributed by atoms with Gasteiger partial charge in [-0.05, 0) is 67.4 Å². The van der Waals surface area contributed by atoms with Crippen LogP contribution in [0.5, 0.6) is 0 Å². The molecule has 0 aliphatic heterocycles. The molecule has 110 valence electrons. The van der Waals surface area contributed by atoms with Crippen LogP contribution < -0.4 is 0 Å². The second-order valence-electron chi connectivity index (χ2n) is 5.32. The second-order valence-corrected chi connectivity index (χ2v) is 5.32. The van der Waals surface area contributed by atoms with Gasteiger partial charge in [0.1, 0.15) is 5.82 Å². The first-order chi connectivity index (χ1) is 10.5. The normalized spacial score (nSPS) is 10.9. The summed E-state index contributed by atoms with van der Waals surface area (Å²) in [4.78, 5) is 16.1. The Morgan fingerprint density at radius 2 is 1.68 bits per heavy atom. The molecular weight excluding hydrogens is 281 g/mol. The fourth-order valence-corrected chi connectivity index (χ4v) is 2.43. The van der Waals surface area contributed by atoms with Crippen molar-refractivity contribution >= 4 is 16.9 Å². The smallest absolute Gasteiger partial charge is 0.336 e. The zero-order valence-electron chi connectivity index (χ0n) is 12.2. The number of benzene rings is 2. The van der Waals surface area contributed by atoms with Crippen molar-refractivity contribution in [2.45, 2.75) is 13.8 Å². The Morgan fingerprint density at radius 1 is 1.05 bits per heavy atom. The van der Waals surface area contributed by atoms with Gasteiger partial charge >= 0.3 is 5.97 Å². The maximum absolute atomic E-state index is 13.0. The summed E-state index contributed by atoms with van der Waals surface area (Å²) in [7, 11) is 0. The zero-order chi connectivity index (χ0) is 15.9. The number of aromatic carboxylic acids is 1. The molecule has 0 fully saturated rings. The van der Waals surface area contributed by atoms with Crippen molar-refractivity contribution in [2.24, 2.45) is 0 Å². The molecule has 22 heavy (non-hydrogen) atoms. The zero-order valence-corrected chi connectivity index (χ0v) is 12.2. The van der Waals surface area contributed by atoms with E-state index in [1.165, 1.54) is 18.2 Å². The first kappa shape index (κ1) is 14.2. The van der Waals surface area contributed by atoms with Gasteiger partial charge < -0.3 is 5.11 Å². The number of hydrogen-bond acceptors (Lipinski definition) is 2. The van der Waals surface area contributed by atoms with Crippen molar-refractivity contribution in [1.82, 2.24) is 4.98 Å². The summed E-state index contributed by atoms with van der Waals surface area (Å²) in [6, 6.07) is 11.1. The molecule has 3 nitrogen and oxygen atoms in total. The average Bonchev–Trinajstić information content (AvgIpc) is 2.48. The lowest BCUT2D eigenvalue weighted by Gasteiger charge is -2.09. The Balaban J connectivity index is 2.31. The van der Waals surface area contributed by atoms with E-state index in [0.717, 1.165) is 11.1 Å². The Hall–Kier alpha value is -2.75. The van der Waals surface area contributed by atoms with E-state index in [4.69, 9.17) is 0 Å². The molecule has 0 aliphatic carbocycles. The lowest BCUT2D eigenvalue weighted by atomic mass is 10.00. The number of halogens is 1. The maximum Gasteiger partial charge on any atom is 0.336 e. The van der Waals surface area contributed by atoms with Crippen molar-refractivity contribution in [3.63, 3.8) is 0 Å². The highest BCUT2D eigenvalue weighted by atomic mass is 19.1. The summed E-state index contributed by atoms with van der Waals surface area (Å²) in [6.07, 6.45) is 0. The maximum atomic E-state index is 13.0. The van der Waals surface area contributed by atoms with E-state index >= 15 is 0 Å². The second kappa shape index (κ2) is 5.22. The Kier molecular flexibility index (Phi) is 3.37. The molecule has 0 aliphatic rings. The number of aryl methyl sites for hydroxylation is 2. The van der Waals surface area contributed by atoms with E-state index in [1.807, 2.05) is 26.0 Å². The number of nitrogens with zero attached hydrogens (tertiary/aromatic N) is 1. The van der Waals surface area contributed by atoms with Gasteiger partial charge in [0.05, 0.1) is 16.8 Å². The molecule has 3 rings (SSSR count). The van der Waals surface area contributed by atoms with Crippen molar-refractivity contribution < 1.29 is 14.3 Å². The third-order valence-corrected chi connectivity index (χ3v) is 3.79. The van der Waals surface area contributed by atoms with Crippen LogP contribution in [0.25, 0.3) is 22.2 Å². The molecule has 1 N–H and O–H groups in total. The van der Waals surface area contributed by atoms with Crippen LogP contribution in [0, 0.1) is 19.7 Å². The van der Waals surface area contributed by atoms with Crippen molar-refractivity contribution in [2.75, 3.05) is 0 Å². The largest absolute Gasteiger partial charge is 0.478 e. The molecule has 0 unspecified atom stereocenters. The summed E-state index contributed by atoms with van der Waals surface area (Å²) in [5, 5.41) is 10.1. The van der Waals surface area contributed by atoms with E-state index in [0.29, 0.717) is 22.2 Å². The van der Waals surface area contributed by atoms with Crippen molar-refractivity contribution in [3.8, 4) is 11.3 Å². The Morgan fingerprint density at radius 3 is 2.32 bits per heavy atom. The van der Waals surface area contributed by atoms with Crippen LogP contribution in [0.1, 0.15) is 21.5 Å². The van der Waals surface area contributed by atoms with Gasteiger partial charge in [0.2, 0.25) is 0 Å². The molecule has 1 aromatic heterocycles. The van der Waals surface area contributed by atoms with Crippen LogP contribution in [0.15, 0.2) is 42.5 Å². The predicted octanol–water partition coefficient (Wildman–Crippen LogP) is 4.36. The van der Waals surface area contributed by atoms with E-state index in [2.05, 4.69) is 4.98 Å². The van der Waals surface area contributed by atoms with Gasteiger partial charge in [-0.1, -0.05) is 0 Å². The van der Waals surface area contributed by atoms with Crippen LogP contribution in [0.3, 0.4) is 0 Å². The quantitative estimate of drug-likeness (QED) is 0.764. The third kappa shape index (κ3) is 2.44. The molecule has 0 saturated heterocycles. The van der Waals surface area contributed by atoms with Gasteiger partial charge in [0.15, 0.2) is 0 Å². The number of carboxylic acids is 1. The number of aromatic nitrogens is 1. The molecular formula is C18H14FNO2.